The number of Topliss-reactive ketones (excluding diaryl/α,β-unsaturated/α-hetero) is 1. The molecule has 132 valence electrons. The highest BCUT2D eigenvalue weighted by atomic mass is 19.1. The Hall–Kier alpha value is -3.53. The van der Waals surface area contributed by atoms with Crippen molar-refractivity contribution in [3.05, 3.63) is 101 Å². The summed E-state index contributed by atoms with van der Waals surface area (Å²) in [7, 11) is 0. The van der Waals surface area contributed by atoms with E-state index in [4.69, 9.17) is 4.42 Å². The van der Waals surface area contributed by atoms with Crippen molar-refractivity contribution in [2.75, 3.05) is 0 Å². The second kappa shape index (κ2) is 7.00. The second-order valence-electron chi connectivity index (χ2n) is 6.29. The fourth-order valence-corrected chi connectivity index (χ4v) is 2.80. The summed E-state index contributed by atoms with van der Waals surface area (Å²) < 4.78 is 19.0. The number of rotatable bonds is 4. The van der Waals surface area contributed by atoms with Crippen LogP contribution in [-0.4, -0.2) is 10.8 Å². The van der Waals surface area contributed by atoms with Crippen molar-refractivity contribution in [3.8, 4) is 0 Å². The van der Waals surface area contributed by atoms with Gasteiger partial charge in [0.25, 0.3) is 0 Å². The van der Waals surface area contributed by atoms with Crippen LogP contribution in [0, 0.1) is 12.7 Å². The number of allylic oxidation sites excluding steroid dienone is 1. The van der Waals surface area contributed by atoms with Gasteiger partial charge < -0.3 is 4.42 Å². The van der Waals surface area contributed by atoms with Crippen LogP contribution in [0.25, 0.3) is 22.7 Å². The molecule has 1 aromatic heterocycles. The predicted octanol–water partition coefficient (Wildman–Crippen LogP) is 5.70. The van der Waals surface area contributed by atoms with Gasteiger partial charge in [-0.3, -0.25) is 4.79 Å². The highest BCUT2D eigenvalue weighted by Gasteiger charge is 2.20. The zero-order valence-corrected chi connectivity index (χ0v) is 14.6. The lowest BCUT2D eigenvalue weighted by Gasteiger charge is -2.05. The third kappa shape index (κ3) is 3.55. The molecule has 27 heavy (non-hydrogen) atoms. The first kappa shape index (κ1) is 16.9. The molecule has 0 amide bonds. The number of hydrogen-bond acceptors (Lipinski definition) is 3. The van der Waals surface area contributed by atoms with Gasteiger partial charge in [-0.15, -0.1) is 0 Å². The van der Waals surface area contributed by atoms with Crippen LogP contribution in [-0.2, 0) is 0 Å². The zero-order chi connectivity index (χ0) is 18.8. The minimum absolute atomic E-state index is 0.203. The summed E-state index contributed by atoms with van der Waals surface area (Å²) in [4.78, 5) is 17.6. The number of benzene rings is 3. The number of oxazole rings is 1. The summed E-state index contributed by atoms with van der Waals surface area (Å²) in [6.07, 6.45) is 1.67. The standard InChI is InChI=1S/C23H16FNO2/c1-15-6-10-17(11-7-15)22(26)19(14-16-8-12-18(24)13-9-16)23-25-20-4-2-3-5-21(20)27-23/h2-14H,1H3/b19-14-. The van der Waals surface area contributed by atoms with Crippen molar-refractivity contribution < 1.29 is 13.6 Å². The van der Waals surface area contributed by atoms with Gasteiger partial charge >= 0.3 is 0 Å². The van der Waals surface area contributed by atoms with Gasteiger partial charge in [-0.25, -0.2) is 9.37 Å². The molecular weight excluding hydrogens is 341 g/mol. The third-order valence-electron chi connectivity index (χ3n) is 4.26. The number of aryl methyl sites for hydroxylation is 1. The third-order valence-corrected chi connectivity index (χ3v) is 4.26. The lowest BCUT2D eigenvalue weighted by atomic mass is 10.00. The van der Waals surface area contributed by atoms with Crippen molar-refractivity contribution in [2.24, 2.45) is 0 Å². The lowest BCUT2D eigenvalue weighted by molar-refractivity contribution is 0.105. The second-order valence-corrected chi connectivity index (χ2v) is 6.29. The topological polar surface area (TPSA) is 43.1 Å². The molecule has 0 unspecified atom stereocenters. The van der Waals surface area contributed by atoms with Crippen LogP contribution in [0.4, 0.5) is 4.39 Å². The van der Waals surface area contributed by atoms with E-state index in [2.05, 4.69) is 4.98 Å². The van der Waals surface area contributed by atoms with Crippen LogP contribution < -0.4 is 0 Å². The first-order chi connectivity index (χ1) is 13.1. The van der Waals surface area contributed by atoms with Crippen LogP contribution >= 0.6 is 0 Å². The van der Waals surface area contributed by atoms with Crippen LogP contribution in [0.15, 0.2) is 77.2 Å². The number of carbonyl (C=O) groups excluding carboxylic acids is 1. The number of halogens is 1. The first-order valence-corrected chi connectivity index (χ1v) is 8.55. The average molecular weight is 357 g/mol. The molecule has 0 radical (unpaired) electrons. The average Bonchev–Trinajstić information content (AvgIpc) is 3.11. The van der Waals surface area contributed by atoms with Gasteiger partial charge in [0.2, 0.25) is 5.89 Å². The zero-order valence-electron chi connectivity index (χ0n) is 14.6. The molecule has 0 atom stereocenters. The van der Waals surface area contributed by atoms with Gasteiger partial charge in [-0.2, -0.15) is 0 Å². The van der Waals surface area contributed by atoms with Crippen LogP contribution in [0.1, 0.15) is 27.4 Å². The van der Waals surface area contributed by atoms with Crippen molar-refractivity contribution in [1.82, 2.24) is 4.98 Å². The maximum atomic E-state index is 13.2. The van der Waals surface area contributed by atoms with Gasteiger partial charge in [0.1, 0.15) is 11.3 Å². The van der Waals surface area contributed by atoms with Crippen LogP contribution in [0.5, 0.6) is 0 Å². The predicted molar refractivity (Wildman–Crippen MR) is 104 cm³/mol. The van der Waals surface area contributed by atoms with Crippen molar-refractivity contribution in [3.63, 3.8) is 0 Å². The first-order valence-electron chi connectivity index (χ1n) is 8.55. The molecule has 0 saturated heterocycles. The maximum Gasteiger partial charge on any atom is 0.231 e. The Kier molecular flexibility index (Phi) is 4.38. The van der Waals surface area contributed by atoms with Crippen LogP contribution in [0.2, 0.25) is 0 Å². The number of para-hydroxylation sites is 2. The van der Waals surface area contributed by atoms with Gasteiger partial charge in [-0.1, -0.05) is 54.1 Å². The Bertz CT molecular complexity index is 1110. The SMILES string of the molecule is Cc1ccc(C(=O)/C(=C/c2ccc(F)cc2)c2nc3ccccc3o2)cc1. The van der Waals surface area contributed by atoms with Crippen molar-refractivity contribution >= 4 is 28.5 Å². The highest BCUT2D eigenvalue weighted by Crippen LogP contribution is 2.26. The van der Waals surface area contributed by atoms with E-state index in [0.717, 1.165) is 5.56 Å². The molecule has 0 saturated carbocycles. The maximum absolute atomic E-state index is 13.2. The van der Waals surface area contributed by atoms with E-state index in [1.54, 1.807) is 36.4 Å². The van der Waals surface area contributed by atoms with Crippen LogP contribution in [0.3, 0.4) is 0 Å². The minimum atomic E-state index is -0.333. The van der Waals surface area contributed by atoms with E-state index in [1.807, 2.05) is 37.3 Å². The minimum Gasteiger partial charge on any atom is -0.436 e. The smallest absolute Gasteiger partial charge is 0.231 e. The molecule has 4 heteroatoms. The molecule has 0 N–H and O–H groups in total. The molecule has 3 aromatic carbocycles. The summed E-state index contributed by atoms with van der Waals surface area (Å²) >= 11 is 0. The van der Waals surface area contributed by atoms with Crippen molar-refractivity contribution in [1.29, 1.82) is 0 Å². The molecule has 0 aliphatic rings. The van der Waals surface area contributed by atoms with Gasteiger partial charge in [0.15, 0.2) is 11.4 Å². The molecule has 4 aromatic rings. The fourth-order valence-electron chi connectivity index (χ4n) is 2.80. The Balaban J connectivity index is 1.84. The Morgan fingerprint density at radius 3 is 2.37 bits per heavy atom. The number of fused-ring (bicyclic) bond motifs is 1. The molecule has 4 rings (SSSR count). The number of nitrogens with zero attached hydrogens (tertiary/aromatic N) is 1. The number of ketones is 1. The van der Waals surface area contributed by atoms with E-state index in [1.165, 1.54) is 12.1 Å². The van der Waals surface area contributed by atoms with E-state index >= 15 is 0 Å². The Labute approximate surface area is 155 Å². The van der Waals surface area contributed by atoms with E-state index in [-0.39, 0.29) is 17.5 Å². The normalized spacial score (nSPS) is 11.7. The quantitative estimate of drug-likeness (QED) is 0.348. The molecule has 0 bridgehead atoms. The molecule has 0 spiro atoms. The Morgan fingerprint density at radius 2 is 1.67 bits per heavy atom. The molecule has 0 fully saturated rings. The molecular formula is C23H16FNO2. The summed E-state index contributed by atoms with van der Waals surface area (Å²) in [6, 6.07) is 20.6. The van der Waals surface area contributed by atoms with E-state index < -0.39 is 0 Å². The van der Waals surface area contributed by atoms with E-state index in [9.17, 15) is 9.18 Å². The largest absolute Gasteiger partial charge is 0.436 e. The summed E-state index contributed by atoms with van der Waals surface area (Å²) in [5.41, 5.74) is 3.90. The fraction of sp³-hybridized carbons (Fsp3) is 0.0435. The van der Waals surface area contributed by atoms with Crippen molar-refractivity contribution in [2.45, 2.75) is 6.92 Å². The monoisotopic (exact) mass is 357 g/mol. The summed E-state index contributed by atoms with van der Waals surface area (Å²) in [5.74, 6) is -0.294. The molecule has 3 nitrogen and oxygen atoms in total. The number of hydrogen-bond donors (Lipinski definition) is 0. The van der Waals surface area contributed by atoms with E-state index in [0.29, 0.717) is 27.8 Å². The van der Waals surface area contributed by atoms with Gasteiger partial charge in [0, 0.05) is 5.56 Å². The van der Waals surface area contributed by atoms with Gasteiger partial charge in [0.05, 0.1) is 5.57 Å². The number of carbonyl (C=O) groups is 1. The molecule has 1 heterocycles. The number of aromatic nitrogens is 1. The highest BCUT2D eigenvalue weighted by molar-refractivity contribution is 6.31. The summed E-state index contributed by atoms with van der Waals surface area (Å²) in [5, 5.41) is 0. The molecule has 0 aliphatic carbocycles. The van der Waals surface area contributed by atoms with Gasteiger partial charge in [-0.05, 0) is 42.8 Å². The molecule has 0 aliphatic heterocycles. The summed E-state index contributed by atoms with van der Waals surface area (Å²) in [6.45, 7) is 1.96. The lowest BCUT2D eigenvalue weighted by Crippen LogP contribution is -2.03. The Morgan fingerprint density at radius 1 is 0.963 bits per heavy atom.